The van der Waals surface area contributed by atoms with Gasteiger partial charge in [-0.15, -0.1) is 11.3 Å². The zero-order valence-electron chi connectivity index (χ0n) is 13.2. The number of nitriles is 1. The van der Waals surface area contributed by atoms with Crippen LogP contribution in [0.2, 0.25) is 5.02 Å². The van der Waals surface area contributed by atoms with Gasteiger partial charge in [0.05, 0.1) is 11.3 Å². The highest BCUT2D eigenvalue weighted by Gasteiger charge is 2.09. The molecule has 0 aliphatic heterocycles. The maximum Gasteiger partial charge on any atom is 0.134 e. The molecule has 0 aliphatic rings. The molecule has 0 radical (unpaired) electrons. The van der Waals surface area contributed by atoms with Crippen LogP contribution in [0, 0.1) is 11.3 Å². The number of hydrogen-bond donors (Lipinski definition) is 0. The number of hydrogen-bond acceptors (Lipinski definition) is 3. The normalized spacial score (nSPS) is 11.3. The second kappa shape index (κ2) is 7.44. The molecule has 0 atom stereocenters. The number of aromatic nitrogens is 1. The lowest BCUT2D eigenvalue weighted by Crippen LogP contribution is -1.84. The van der Waals surface area contributed by atoms with E-state index in [4.69, 9.17) is 11.6 Å². The van der Waals surface area contributed by atoms with Crippen molar-refractivity contribution < 1.29 is 0 Å². The molecule has 3 aromatic rings. The number of allylic oxidation sites excluding steroid dienone is 1. The molecule has 1 aromatic heterocycles. The second-order valence-corrected chi connectivity index (χ2v) is 6.60. The molecule has 2 nitrogen and oxygen atoms in total. The lowest BCUT2D eigenvalue weighted by Gasteiger charge is -1.99. The third-order valence-corrected chi connectivity index (χ3v) is 4.82. The van der Waals surface area contributed by atoms with Crippen molar-refractivity contribution >= 4 is 34.6 Å². The van der Waals surface area contributed by atoms with Gasteiger partial charge in [-0.05, 0) is 35.8 Å². The third kappa shape index (κ3) is 3.73. The number of thiazole rings is 1. The van der Waals surface area contributed by atoms with Gasteiger partial charge in [0.15, 0.2) is 0 Å². The van der Waals surface area contributed by atoms with E-state index in [0.29, 0.717) is 10.6 Å². The Morgan fingerprint density at radius 3 is 2.50 bits per heavy atom. The molecule has 3 rings (SSSR count). The lowest BCUT2D eigenvalue weighted by molar-refractivity contribution is 1.14. The first-order valence-electron chi connectivity index (χ1n) is 7.62. The topological polar surface area (TPSA) is 36.7 Å². The molecule has 0 spiro atoms. The number of nitrogens with zero attached hydrogens (tertiary/aromatic N) is 2. The largest absolute Gasteiger partial charge is 0.235 e. The van der Waals surface area contributed by atoms with Crippen molar-refractivity contribution in [2.75, 3.05) is 0 Å². The average molecular weight is 351 g/mol. The Bertz CT molecular complexity index is 900. The maximum absolute atomic E-state index is 9.47. The molecule has 24 heavy (non-hydrogen) atoms. The molecule has 4 heteroatoms. The van der Waals surface area contributed by atoms with Gasteiger partial charge >= 0.3 is 0 Å². The molecule has 0 fully saturated rings. The van der Waals surface area contributed by atoms with E-state index in [0.717, 1.165) is 28.2 Å². The van der Waals surface area contributed by atoms with Gasteiger partial charge in [-0.1, -0.05) is 54.9 Å². The summed E-state index contributed by atoms with van der Waals surface area (Å²) in [5, 5.41) is 12.9. The van der Waals surface area contributed by atoms with Crippen LogP contribution < -0.4 is 0 Å². The molecule has 0 saturated heterocycles. The Balaban J connectivity index is 1.90. The smallest absolute Gasteiger partial charge is 0.134 e. The van der Waals surface area contributed by atoms with Gasteiger partial charge in [0.1, 0.15) is 11.1 Å². The van der Waals surface area contributed by atoms with E-state index in [2.05, 4.69) is 42.2 Å². The molecule has 118 valence electrons. The molecular weight excluding hydrogens is 336 g/mol. The number of halogens is 1. The average Bonchev–Trinajstić information content (AvgIpc) is 3.11. The van der Waals surface area contributed by atoms with E-state index < -0.39 is 0 Å². The molecular formula is C20H15ClN2S. The first kappa shape index (κ1) is 16.4. The van der Waals surface area contributed by atoms with Crippen LogP contribution in [-0.4, -0.2) is 4.98 Å². The van der Waals surface area contributed by atoms with Crippen LogP contribution in [0.25, 0.3) is 22.9 Å². The summed E-state index contributed by atoms with van der Waals surface area (Å²) in [5.41, 5.74) is 4.75. The lowest BCUT2D eigenvalue weighted by atomic mass is 10.1. The van der Waals surface area contributed by atoms with E-state index in [9.17, 15) is 5.26 Å². The standard InChI is InChI=1S/C20H15ClN2S/c1-2-14-3-7-16(8-4-14)19-13-24-20(23-19)17(12-22)11-15-5-9-18(21)10-6-15/h3-11,13H,2H2,1H3. The Kier molecular flexibility index (Phi) is 5.10. The van der Waals surface area contributed by atoms with E-state index in [1.54, 1.807) is 0 Å². The molecule has 0 bridgehead atoms. The van der Waals surface area contributed by atoms with Crippen LogP contribution in [-0.2, 0) is 6.42 Å². The molecule has 0 N–H and O–H groups in total. The zero-order chi connectivity index (χ0) is 16.9. The van der Waals surface area contributed by atoms with Gasteiger partial charge in [0.25, 0.3) is 0 Å². The van der Waals surface area contributed by atoms with E-state index in [1.807, 2.05) is 35.7 Å². The number of aryl methyl sites for hydroxylation is 1. The van der Waals surface area contributed by atoms with Gasteiger partial charge in [-0.25, -0.2) is 4.98 Å². The summed E-state index contributed by atoms with van der Waals surface area (Å²) >= 11 is 7.38. The van der Waals surface area contributed by atoms with Crippen molar-refractivity contribution in [2.45, 2.75) is 13.3 Å². The van der Waals surface area contributed by atoms with Gasteiger partial charge in [-0.2, -0.15) is 5.26 Å². The number of rotatable bonds is 4. The van der Waals surface area contributed by atoms with E-state index in [1.165, 1.54) is 16.9 Å². The minimum atomic E-state index is 0.554. The minimum Gasteiger partial charge on any atom is -0.235 e. The Hall–Kier alpha value is -2.41. The minimum absolute atomic E-state index is 0.554. The van der Waals surface area contributed by atoms with Crippen molar-refractivity contribution in [1.29, 1.82) is 5.26 Å². The van der Waals surface area contributed by atoms with Crippen LogP contribution in [0.3, 0.4) is 0 Å². The fraction of sp³-hybridized carbons (Fsp3) is 0.100. The SMILES string of the molecule is CCc1ccc(-c2csc(C(C#N)=Cc3ccc(Cl)cc3)n2)cc1. The van der Waals surface area contributed by atoms with Crippen LogP contribution in [0.4, 0.5) is 0 Å². The van der Waals surface area contributed by atoms with Crippen molar-refractivity contribution in [3.63, 3.8) is 0 Å². The van der Waals surface area contributed by atoms with Gasteiger partial charge in [-0.3, -0.25) is 0 Å². The van der Waals surface area contributed by atoms with Crippen molar-refractivity contribution in [3.8, 4) is 17.3 Å². The van der Waals surface area contributed by atoms with Crippen LogP contribution in [0.15, 0.2) is 53.9 Å². The highest BCUT2D eigenvalue weighted by atomic mass is 35.5. The maximum atomic E-state index is 9.47. The van der Waals surface area contributed by atoms with E-state index >= 15 is 0 Å². The molecule has 2 aromatic carbocycles. The van der Waals surface area contributed by atoms with Crippen LogP contribution in [0.5, 0.6) is 0 Å². The first-order chi connectivity index (χ1) is 11.7. The van der Waals surface area contributed by atoms with Crippen LogP contribution >= 0.6 is 22.9 Å². The quantitative estimate of drug-likeness (QED) is 0.534. The van der Waals surface area contributed by atoms with Crippen molar-refractivity contribution in [2.24, 2.45) is 0 Å². The predicted molar refractivity (Wildman–Crippen MR) is 102 cm³/mol. The molecule has 0 saturated carbocycles. The summed E-state index contributed by atoms with van der Waals surface area (Å²) in [6.45, 7) is 2.14. The van der Waals surface area contributed by atoms with Gasteiger partial charge < -0.3 is 0 Å². The third-order valence-electron chi connectivity index (χ3n) is 3.69. The summed E-state index contributed by atoms with van der Waals surface area (Å²) in [4.78, 5) is 4.62. The summed E-state index contributed by atoms with van der Waals surface area (Å²) < 4.78 is 0. The predicted octanol–water partition coefficient (Wildman–Crippen LogP) is 6.09. The summed E-state index contributed by atoms with van der Waals surface area (Å²) in [6, 6.07) is 18.0. The highest BCUT2D eigenvalue weighted by Crippen LogP contribution is 2.27. The van der Waals surface area contributed by atoms with Crippen molar-refractivity contribution in [1.82, 2.24) is 4.98 Å². The summed E-state index contributed by atoms with van der Waals surface area (Å²) in [7, 11) is 0. The van der Waals surface area contributed by atoms with Gasteiger partial charge in [0.2, 0.25) is 0 Å². The fourth-order valence-electron chi connectivity index (χ4n) is 2.31. The summed E-state index contributed by atoms with van der Waals surface area (Å²) in [5.74, 6) is 0. The van der Waals surface area contributed by atoms with E-state index in [-0.39, 0.29) is 0 Å². The highest BCUT2D eigenvalue weighted by molar-refractivity contribution is 7.11. The summed E-state index contributed by atoms with van der Waals surface area (Å²) in [6.07, 6.45) is 2.85. The first-order valence-corrected chi connectivity index (χ1v) is 8.88. The van der Waals surface area contributed by atoms with Crippen molar-refractivity contribution in [3.05, 3.63) is 75.1 Å². The Labute approximate surface area is 150 Å². The number of benzene rings is 2. The second-order valence-electron chi connectivity index (χ2n) is 5.31. The Morgan fingerprint density at radius 2 is 1.88 bits per heavy atom. The molecule has 1 heterocycles. The van der Waals surface area contributed by atoms with Crippen LogP contribution in [0.1, 0.15) is 23.1 Å². The molecule has 0 aliphatic carbocycles. The molecule has 0 unspecified atom stereocenters. The zero-order valence-corrected chi connectivity index (χ0v) is 14.7. The monoisotopic (exact) mass is 350 g/mol. The fourth-order valence-corrected chi connectivity index (χ4v) is 3.23. The van der Waals surface area contributed by atoms with Gasteiger partial charge in [0, 0.05) is 16.0 Å². The Morgan fingerprint density at radius 1 is 1.17 bits per heavy atom. The molecule has 0 amide bonds.